The second-order valence-corrected chi connectivity index (χ2v) is 11.0. The molecule has 1 saturated carbocycles. The molecule has 2 aromatic carbocycles. The molecule has 0 aromatic heterocycles. The van der Waals surface area contributed by atoms with Crippen LogP contribution >= 0.6 is 0 Å². The topological polar surface area (TPSA) is 92.3 Å². The van der Waals surface area contributed by atoms with E-state index in [0.717, 1.165) is 31.2 Å². The zero-order chi connectivity index (χ0) is 20.4. The Morgan fingerprint density at radius 2 is 1.39 bits per heavy atom. The zero-order valence-corrected chi connectivity index (χ0v) is 17.7. The Hall–Kier alpha value is -1.90. The first-order valence-electron chi connectivity index (χ1n) is 9.40. The molecule has 0 bridgehead atoms. The molecule has 6 nitrogen and oxygen atoms in total. The van der Waals surface area contributed by atoms with E-state index in [-0.39, 0.29) is 15.8 Å². The zero-order valence-electron chi connectivity index (χ0n) is 16.1. The summed E-state index contributed by atoms with van der Waals surface area (Å²) in [5, 5.41) is 0. The second-order valence-electron chi connectivity index (χ2n) is 7.60. The summed E-state index contributed by atoms with van der Waals surface area (Å²) in [7, 11) is -7.29. The summed E-state index contributed by atoms with van der Waals surface area (Å²) in [5.74, 6) is 0.594. The van der Waals surface area contributed by atoms with Gasteiger partial charge in [-0.2, -0.15) is 0 Å². The van der Waals surface area contributed by atoms with Crippen LogP contribution in [-0.2, 0) is 26.5 Å². The molecular formula is C20H26N2O4S2. The van der Waals surface area contributed by atoms with Gasteiger partial charge in [0, 0.05) is 11.7 Å². The number of sulfonamides is 2. The summed E-state index contributed by atoms with van der Waals surface area (Å²) in [6, 6.07) is 12.6. The van der Waals surface area contributed by atoms with Crippen molar-refractivity contribution in [2.24, 2.45) is 5.92 Å². The molecule has 1 aliphatic rings. The molecule has 2 aromatic rings. The number of rotatable bonds is 9. The van der Waals surface area contributed by atoms with Gasteiger partial charge in [0.25, 0.3) is 10.0 Å². The van der Waals surface area contributed by atoms with Crippen LogP contribution in [0.4, 0.5) is 5.69 Å². The third kappa shape index (κ3) is 5.56. The highest BCUT2D eigenvalue weighted by molar-refractivity contribution is 7.92. The molecule has 0 aliphatic heterocycles. The summed E-state index contributed by atoms with van der Waals surface area (Å²) in [6.45, 7) is 4.31. The van der Waals surface area contributed by atoms with Crippen LogP contribution in [0.3, 0.4) is 0 Å². The van der Waals surface area contributed by atoms with E-state index in [2.05, 4.69) is 23.3 Å². The van der Waals surface area contributed by atoms with E-state index in [1.807, 2.05) is 12.1 Å². The summed E-state index contributed by atoms with van der Waals surface area (Å²) in [5.41, 5.74) is 1.42. The van der Waals surface area contributed by atoms with Crippen LogP contribution in [0.25, 0.3) is 0 Å². The minimum atomic E-state index is -3.73. The molecule has 8 heteroatoms. The number of hydrogen-bond acceptors (Lipinski definition) is 4. The van der Waals surface area contributed by atoms with Gasteiger partial charge in [0.05, 0.1) is 9.79 Å². The van der Waals surface area contributed by atoms with Crippen LogP contribution in [-0.4, -0.2) is 22.9 Å². The smallest absolute Gasteiger partial charge is 0.261 e. The Balaban J connectivity index is 1.68. The molecule has 0 saturated heterocycles. The van der Waals surface area contributed by atoms with Crippen molar-refractivity contribution in [3.8, 4) is 0 Å². The number of nitrogens with one attached hydrogen (secondary N) is 2. The lowest BCUT2D eigenvalue weighted by Crippen LogP contribution is -2.25. The number of anilines is 1. The summed E-state index contributed by atoms with van der Waals surface area (Å²) in [4.78, 5) is 0.296. The first-order chi connectivity index (χ1) is 13.2. The summed E-state index contributed by atoms with van der Waals surface area (Å²) < 4.78 is 54.6. The Bertz CT molecular complexity index is 1010. The largest absolute Gasteiger partial charge is 0.280 e. The maximum atomic E-state index is 12.6. The Kier molecular flexibility index (Phi) is 6.12. The van der Waals surface area contributed by atoms with Crippen LogP contribution in [0, 0.1) is 5.92 Å². The SMILES string of the molecule is CC(C)CCc1ccc(S(=O)(=O)Nc2ccc(S(=O)(=O)NC3CC3)cc2)cc1. The molecule has 0 amide bonds. The highest BCUT2D eigenvalue weighted by Crippen LogP contribution is 2.23. The fraction of sp³-hybridized carbons (Fsp3) is 0.400. The van der Waals surface area contributed by atoms with Gasteiger partial charge in [-0.05, 0) is 73.6 Å². The standard InChI is InChI=1S/C20H26N2O4S2/c1-15(2)3-4-16-5-11-19(12-6-16)27(23,24)22-18-9-13-20(14-10-18)28(25,26)21-17-7-8-17/h5-6,9-15,17,21-22H,3-4,7-8H2,1-2H3. The van der Waals surface area contributed by atoms with Gasteiger partial charge in [-0.25, -0.2) is 21.6 Å². The van der Waals surface area contributed by atoms with Crippen molar-refractivity contribution in [3.05, 3.63) is 54.1 Å². The first kappa shape index (κ1) is 20.8. The van der Waals surface area contributed by atoms with Crippen molar-refractivity contribution in [2.45, 2.75) is 55.4 Å². The van der Waals surface area contributed by atoms with E-state index < -0.39 is 20.0 Å². The first-order valence-corrected chi connectivity index (χ1v) is 12.4. The van der Waals surface area contributed by atoms with Gasteiger partial charge in [-0.15, -0.1) is 0 Å². The van der Waals surface area contributed by atoms with Gasteiger partial charge in [0.15, 0.2) is 0 Å². The normalized spacial score (nSPS) is 15.0. The average molecular weight is 423 g/mol. The molecule has 0 heterocycles. The third-order valence-corrected chi connectivity index (χ3v) is 7.49. The Labute approximate surface area is 167 Å². The van der Waals surface area contributed by atoms with Gasteiger partial charge in [-0.1, -0.05) is 26.0 Å². The van der Waals surface area contributed by atoms with Gasteiger partial charge < -0.3 is 0 Å². The minimum Gasteiger partial charge on any atom is -0.280 e. The van der Waals surface area contributed by atoms with Gasteiger partial charge >= 0.3 is 0 Å². The predicted molar refractivity (Wildman–Crippen MR) is 110 cm³/mol. The fourth-order valence-corrected chi connectivity index (χ4v) is 5.06. The second kappa shape index (κ2) is 8.23. The van der Waals surface area contributed by atoms with Crippen molar-refractivity contribution in [1.82, 2.24) is 4.72 Å². The minimum absolute atomic E-state index is 0.0201. The van der Waals surface area contributed by atoms with E-state index in [1.54, 1.807) is 12.1 Å². The molecule has 0 atom stereocenters. The molecule has 152 valence electrons. The molecule has 2 N–H and O–H groups in total. The lowest BCUT2D eigenvalue weighted by Gasteiger charge is -2.10. The molecule has 0 unspecified atom stereocenters. The highest BCUT2D eigenvalue weighted by Gasteiger charge is 2.28. The van der Waals surface area contributed by atoms with Crippen LogP contribution < -0.4 is 9.44 Å². The maximum Gasteiger partial charge on any atom is 0.261 e. The monoisotopic (exact) mass is 422 g/mol. The number of hydrogen-bond donors (Lipinski definition) is 2. The Morgan fingerprint density at radius 1 is 0.857 bits per heavy atom. The van der Waals surface area contributed by atoms with Gasteiger partial charge in [-0.3, -0.25) is 4.72 Å². The Morgan fingerprint density at radius 3 is 1.93 bits per heavy atom. The summed E-state index contributed by atoms with van der Waals surface area (Å²) in [6.07, 6.45) is 3.67. The quantitative estimate of drug-likeness (QED) is 0.647. The van der Waals surface area contributed by atoms with Crippen LogP contribution in [0.5, 0.6) is 0 Å². The maximum absolute atomic E-state index is 12.6. The number of aryl methyl sites for hydroxylation is 1. The lowest BCUT2D eigenvalue weighted by molar-refractivity contribution is 0.581. The predicted octanol–water partition coefficient (Wildman–Crippen LogP) is 3.52. The van der Waals surface area contributed by atoms with Crippen molar-refractivity contribution in [2.75, 3.05) is 4.72 Å². The third-order valence-electron chi connectivity index (χ3n) is 4.56. The van der Waals surface area contributed by atoms with Crippen LogP contribution in [0.1, 0.15) is 38.7 Å². The molecular weight excluding hydrogens is 396 g/mol. The van der Waals surface area contributed by atoms with Crippen LogP contribution in [0.15, 0.2) is 58.3 Å². The van der Waals surface area contributed by atoms with Crippen molar-refractivity contribution < 1.29 is 16.8 Å². The highest BCUT2D eigenvalue weighted by atomic mass is 32.2. The average Bonchev–Trinajstić information content (AvgIpc) is 3.44. The summed E-state index contributed by atoms with van der Waals surface area (Å²) >= 11 is 0. The van der Waals surface area contributed by atoms with E-state index in [9.17, 15) is 16.8 Å². The molecule has 0 radical (unpaired) electrons. The van der Waals surface area contributed by atoms with E-state index >= 15 is 0 Å². The van der Waals surface area contributed by atoms with Crippen LogP contribution in [0.2, 0.25) is 0 Å². The molecule has 1 fully saturated rings. The van der Waals surface area contributed by atoms with E-state index in [0.29, 0.717) is 11.6 Å². The molecule has 28 heavy (non-hydrogen) atoms. The van der Waals surface area contributed by atoms with Crippen molar-refractivity contribution in [1.29, 1.82) is 0 Å². The molecule has 3 rings (SSSR count). The lowest BCUT2D eigenvalue weighted by atomic mass is 10.0. The van der Waals surface area contributed by atoms with Gasteiger partial charge in [0.1, 0.15) is 0 Å². The van der Waals surface area contributed by atoms with Gasteiger partial charge in [0.2, 0.25) is 10.0 Å². The van der Waals surface area contributed by atoms with E-state index in [1.165, 1.54) is 24.3 Å². The van der Waals surface area contributed by atoms with Crippen molar-refractivity contribution >= 4 is 25.7 Å². The van der Waals surface area contributed by atoms with E-state index in [4.69, 9.17) is 0 Å². The molecule has 1 aliphatic carbocycles. The van der Waals surface area contributed by atoms with Crippen molar-refractivity contribution in [3.63, 3.8) is 0 Å². The number of benzene rings is 2. The molecule has 0 spiro atoms. The fourth-order valence-electron chi connectivity index (χ4n) is 2.70.